The number of rotatable bonds is 7. The van der Waals surface area contributed by atoms with Gasteiger partial charge in [0.25, 0.3) is 17.7 Å². The van der Waals surface area contributed by atoms with Gasteiger partial charge in [-0.15, -0.1) is 0 Å². The van der Waals surface area contributed by atoms with E-state index in [0.29, 0.717) is 0 Å². The van der Waals surface area contributed by atoms with Crippen LogP contribution in [0.1, 0.15) is 0 Å². The normalized spacial score (nSPS) is 15.7. The summed E-state index contributed by atoms with van der Waals surface area (Å²) in [5.41, 5.74) is 4.43. The lowest BCUT2D eigenvalue weighted by molar-refractivity contribution is -0.171. The average Bonchev–Trinajstić information content (AvgIpc) is 2.66. The molecular formula is C16H15F5N4O5. The third kappa shape index (κ3) is 5.00. The molecule has 9 nitrogen and oxygen atoms in total. The standard InChI is InChI=1S/C16H15F5N4O5/c17-8-5-7(1-2-9(8)25-3-4-30-6-10(25)26)23-13(28)11(12(22)27)24-15(29)16(20,21)14(18)19/h1-2,5,11,14H,3-4,6H2,(H2,22,27)(H,23,28)(H,24,29)/t11-/m1/s1. The molecule has 1 aromatic carbocycles. The quantitative estimate of drug-likeness (QED) is 0.408. The SMILES string of the molecule is NC(=O)[C@@H](NC(=O)C(F)(F)C(F)F)C(=O)Nc1ccc(N2CCOCC2=O)c(F)c1. The van der Waals surface area contributed by atoms with Crippen LogP contribution >= 0.6 is 0 Å². The van der Waals surface area contributed by atoms with Crippen molar-refractivity contribution in [3.63, 3.8) is 0 Å². The molecule has 1 aliphatic rings. The molecule has 1 aliphatic heterocycles. The molecule has 0 unspecified atom stereocenters. The number of alkyl halides is 4. The molecule has 0 aromatic heterocycles. The Labute approximate surface area is 165 Å². The van der Waals surface area contributed by atoms with Crippen molar-refractivity contribution < 1.29 is 45.9 Å². The van der Waals surface area contributed by atoms with Crippen LogP contribution in [0.4, 0.5) is 33.3 Å². The molecule has 2 rings (SSSR count). The van der Waals surface area contributed by atoms with Crippen molar-refractivity contribution in [1.29, 1.82) is 0 Å². The van der Waals surface area contributed by atoms with Crippen molar-refractivity contribution >= 4 is 35.0 Å². The first kappa shape index (κ1) is 23.0. The van der Waals surface area contributed by atoms with E-state index in [2.05, 4.69) is 0 Å². The van der Waals surface area contributed by atoms with Gasteiger partial charge in [-0.1, -0.05) is 0 Å². The van der Waals surface area contributed by atoms with E-state index in [-0.39, 0.29) is 31.1 Å². The minimum Gasteiger partial charge on any atom is -0.370 e. The monoisotopic (exact) mass is 438 g/mol. The maximum absolute atomic E-state index is 14.3. The highest BCUT2D eigenvalue weighted by atomic mass is 19.3. The van der Waals surface area contributed by atoms with Crippen molar-refractivity contribution in [1.82, 2.24) is 5.32 Å². The van der Waals surface area contributed by atoms with Crippen molar-refractivity contribution in [2.24, 2.45) is 5.73 Å². The minimum absolute atomic E-state index is 0.0790. The van der Waals surface area contributed by atoms with E-state index in [1.807, 2.05) is 5.32 Å². The molecule has 0 spiro atoms. The van der Waals surface area contributed by atoms with Crippen molar-refractivity contribution in [2.75, 3.05) is 30.0 Å². The Morgan fingerprint density at radius 1 is 1.23 bits per heavy atom. The number of halogens is 5. The fraction of sp³-hybridized carbons (Fsp3) is 0.375. The first-order valence-electron chi connectivity index (χ1n) is 8.20. The number of hydrogen-bond donors (Lipinski definition) is 3. The molecule has 0 saturated carbocycles. The highest BCUT2D eigenvalue weighted by Gasteiger charge is 2.50. The summed E-state index contributed by atoms with van der Waals surface area (Å²) in [6, 6.07) is 0.554. The number of primary amides is 1. The zero-order chi connectivity index (χ0) is 22.6. The number of morpholine rings is 1. The first-order valence-corrected chi connectivity index (χ1v) is 8.20. The van der Waals surface area contributed by atoms with Gasteiger partial charge in [-0.3, -0.25) is 19.2 Å². The molecule has 1 fully saturated rings. The fourth-order valence-corrected chi connectivity index (χ4v) is 2.38. The van der Waals surface area contributed by atoms with E-state index in [1.54, 1.807) is 0 Å². The summed E-state index contributed by atoms with van der Waals surface area (Å²) in [5.74, 6) is -12.3. The van der Waals surface area contributed by atoms with Gasteiger partial charge in [-0.05, 0) is 18.2 Å². The predicted molar refractivity (Wildman–Crippen MR) is 90.3 cm³/mol. The number of benzene rings is 1. The number of hydrogen-bond acceptors (Lipinski definition) is 5. The third-order valence-corrected chi connectivity index (χ3v) is 3.89. The number of nitrogens with zero attached hydrogens (tertiary/aromatic N) is 1. The summed E-state index contributed by atoms with van der Waals surface area (Å²) in [6.45, 7) is 0.00364. The summed E-state index contributed by atoms with van der Waals surface area (Å²) in [5, 5.41) is 3.06. The van der Waals surface area contributed by atoms with E-state index < -0.39 is 47.8 Å². The van der Waals surface area contributed by atoms with Crippen LogP contribution in [0.3, 0.4) is 0 Å². The Bertz CT molecular complexity index is 866. The maximum Gasteiger partial charge on any atom is 0.383 e. The molecular weight excluding hydrogens is 423 g/mol. The van der Waals surface area contributed by atoms with Crippen LogP contribution in [0.25, 0.3) is 0 Å². The highest BCUT2D eigenvalue weighted by Crippen LogP contribution is 2.25. The molecule has 164 valence electrons. The van der Waals surface area contributed by atoms with Gasteiger partial charge in [0.05, 0.1) is 12.3 Å². The van der Waals surface area contributed by atoms with Gasteiger partial charge in [0.15, 0.2) is 6.04 Å². The zero-order valence-corrected chi connectivity index (χ0v) is 15.0. The van der Waals surface area contributed by atoms with E-state index in [0.717, 1.165) is 28.4 Å². The van der Waals surface area contributed by atoms with Crippen LogP contribution in [0.5, 0.6) is 0 Å². The van der Waals surface area contributed by atoms with Gasteiger partial charge < -0.3 is 26.0 Å². The number of ether oxygens (including phenoxy) is 1. The molecule has 1 atom stereocenters. The molecule has 0 aliphatic carbocycles. The Hall–Kier alpha value is -3.29. The van der Waals surface area contributed by atoms with Gasteiger partial charge in [-0.2, -0.15) is 8.78 Å². The largest absolute Gasteiger partial charge is 0.383 e. The predicted octanol–water partition coefficient (Wildman–Crippen LogP) is -0.00210. The van der Waals surface area contributed by atoms with Gasteiger partial charge >= 0.3 is 12.3 Å². The summed E-state index contributed by atoms with van der Waals surface area (Å²) in [6.07, 6.45) is -4.39. The summed E-state index contributed by atoms with van der Waals surface area (Å²) in [7, 11) is 0. The van der Waals surface area contributed by atoms with Crippen LogP contribution in [-0.2, 0) is 23.9 Å². The Kier molecular flexibility index (Phi) is 6.92. The van der Waals surface area contributed by atoms with Crippen LogP contribution in [-0.4, -0.2) is 61.8 Å². The zero-order valence-electron chi connectivity index (χ0n) is 15.0. The van der Waals surface area contributed by atoms with Crippen molar-refractivity contribution in [3.05, 3.63) is 24.0 Å². The molecule has 0 bridgehead atoms. The maximum atomic E-state index is 14.3. The Morgan fingerprint density at radius 2 is 1.90 bits per heavy atom. The summed E-state index contributed by atoms with van der Waals surface area (Å²) >= 11 is 0. The Balaban J connectivity index is 2.14. The van der Waals surface area contributed by atoms with Gasteiger partial charge in [0.1, 0.15) is 12.4 Å². The van der Waals surface area contributed by atoms with E-state index >= 15 is 0 Å². The number of nitrogens with two attached hydrogens (primary N) is 1. The van der Waals surface area contributed by atoms with E-state index in [9.17, 15) is 41.1 Å². The number of nitrogens with one attached hydrogen (secondary N) is 2. The Morgan fingerprint density at radius 3 is 2.43 bits per heavy atom. The number of amides is 4. The lowest BCUT2D eigenvalue weighted by Gasteiger charge is -2.27. The van der Waals surface area contributed by atoms with Crippen LogP contribution in [0, 0.1) is 5.82 Å². The van der Waals surface area contributed by atoms with Gasteiger partial charge in [0, 0.05) is 12.2 Å². The second kappa shape index (κ2) is 9.02. The molecule has 4 N–H and O–H groups in total. The molecule has 4 amide bonds. The topological polar surface area (TPSA) is 131 Å². The molecule has 0 radical (unpaired) electrons. The fourth-order valence-electron chi connectivity index (χ4n) is 2.38. The molecule has 30 heavy (non-hydrogen) atoms. The second-order valence-electron chi connectivity index (χ2n) is 5.99. The van der Waals surface area contributed by atoms with Crippen molar-refractivity contribution in [2.45, 2.75) is 18.4 Å². The van der Waals surface area contributed by atoms with Crippen LogP contribution < -0.4 is 21.3 Å². The summed E-state index contributed by atoms with van der Waals surface area (Å²) < 4.78 is 69.8. The molecule has 14 heteroatoms. The lowest BCUT2D eigenvalue weighted by Crippen LogP contribution is -2.57. The molecule has 1 aromatic rings. The smallest absolute Gasteiger partial charge is 0.370 e. The first-order chi connectivity index (χ1) is 13.9. The van der Waals surface area contributed by atoms with E-state index in [1.165, 1.54) is 0 Å². The average molecular weight is 438 g/mol. The molecule has 1 saturated heterocycles. The van der Waals surface area contributed by atoms with E-state index in [4.69, 9.17) is 10.5 Å². The van der Waals surface area contributed by atoms with Crippen LogP contribution in [0.15, 0.2) is 18.2 Å². The second-order valence-corrected chi connectivity index (χ2v) is 5.99. The number of carbonyl (C=O) groups excluding carboxylic acids is 4. The highest BCUT2D eigenvalue weighted by molar-refractivity contribution is 6.12. The lowest BCUT2D eigenvalue weighted by atomic mass is 10.2. The minimum atomic E-state index is -5.17. The van der Waals surface area contributed by atoms with Gasteiger partial charge in [0.2, 0.25) is 5.91 Å². The van der Waals surface area contributed by atoms with Crippen molar-refractivity contribution in [3.8, 4) is 0 Å². The van der Waals surface area contributed by atoms with Crippen LogP contribution in [0.2, 0.25) is 0 Å². The van der Waals surface area contributed by atoms with Gasteiger partial charge in [-0.25, -0.2) is 13.2 Å². The third-order valence-electron chi connectivity index (χ3n) is 3.89. The number of anilines is 2. The summed E-state index contributed by atoms with van der Waals surface area (Å²) in [4.78, 5) is 47.5. The molecule has 1 heterocycles. The number of carbonyl (C=O) groups is 4.